The minimum atomic E-state index is 0. The Morgan fingerprint density at radius 3 is 2.56 bits per heavy atom. The standard InChI is InChI=1S/C19H36N6O.HI/c1-15-23-24-17(25(15)4)13-21-18(20-11-8-12-26-5)22-14-19(2,3)16-9-6-7-10-16;/h16H,6-14H2,1-5H3,(H2,20,21,22);1H. The summed E-state index contributed by atoms with van der Waals surface area (Å²) in [5.74, 6) is 3.41. The van der Waals surface area contributed by atoms with E-state index in [2.05, 4.69) is 34.7 Å². The molecule has 0 bridgehead atoms. The van der Waals surface area contributed by atoms with Gasteiger partial charge in [-0.1, -0.05) is 26.7 Å². The van der Waals surface area contributed by atoms with Crippen LogP contribution in [0.5, 0.6) is 0 Å². The maximum atomic E-state index is 5.13. The molecule has 0 radical (unpaired) electrons. The number of rotatable bonds is 9. The van der Waals surface area contributed by atoms with Gasteiger partial charge in [0.05, 0.1) is 0 Å². The van der Waals surface area contributed by atoms with Gasteiger partial charge >= 0.3 is 0 Å². The minimum Gasteiger partial charge on any atom is -0.385 e. The third-order valence-electron chi connectivity index (χ3n) is 5.55. The lowest BCUT2D eigenvalue weighted by atomic mass is 9.78. The van der Waals surface area contributed by atoms with Crippen molar-refractivity contribution in [2.75, 3.05) is 26.8 Å². The highest BCUT2D eigenvalue weighted by atomic mass is 127. The first-order valence-electron chi connectivity index (χ1n) is 9.80. The number of aliphatic imine (C=N–C) groups is 1. The fourth-order valence-corrected chi connectivity index (χ4v) is 3.50. The van der Waals surface area contributed by atoms with Gasteiger partial charge in [0.2, 0.25) is 0 Å². The molecule has 0 unspecified atom stereocenters. The molecule has 2 N–H and O–H groups in total. The Balaban J connectivity index is 0.00000364. The monoisotopic (exact) mass is 492 g/mol. The molecule has 1 heterocycles. The van der Waals surface area contributed by atoms with Crippen LogP contribution in [0.3, 0.4) is 0 Å². The summed E-state index contributed by atoms with van der Waals surface area (Å²) in [5, 5.41) is 15.3. The van der Waals surface area contributed by atoms with Crippen LogP contribution in [0.25, 0.3) is 0 Å². The Bertz CT molecular complexity index is 581. The lowest BCUT2D eigenvalue weighted by Gasteiger charge is -2.32. The first kappa shape index (κ1) is 24.1. The number of guanidine groups is 1. The quantitative estimate of drug-likeness (QED) is 0.240. The molecule has 7 nitrogen and oxygen atoms in total. The SMILES string of the molecule is COCCCNC(=NCc1nnc(C)n1C)NCC(C)(C)C1CCCC1.I. The summed E-state index contributed by atoms with van der Waals surface area (Å²) in [6.45, 7) is 9.70. The van der Waals surface area contributed by atoms with Crippen molar-refractivity contribution in [2.24, 2.45) is 23.4 Å². The molecule has 2 rings (SSSR count). The average Bonchev–Trinajstić information content (AvgIpc) is 3.26. The van der Waals surface area contributed by atoms with Gasteiger partial charge in [0.1, 0.15) is 12.4 Å². The zero-order valence-corrected chi connectivity index (χ0v) is 19.9. The highest BCUT2D eigenvalue weighted by Gasteiger charge is 2.31. The van der Waals surface area contributed by atoms with E-state index in [0.717, 1.165) is 49.6 Å². The van der Waals surface area contributed by atoms with Gasteiger partial charge in [-0.25, -0.2) is 4.99 Å². The van der Waals surface area contributed by atoms with Crippen LogP contribution in [0.4, 0.5) is 0 Å². The molecule has 0 aromatic carbocycles. The van der Waals surface area contributed by atoms with E-state index in [4.69, 9.17) is 9.73 Å². The number of hydrogen-bond donors (Lipinski definition) is 2. The summed E-state index contributed by atoms with van der Waals surface area (Å²) in [6.07, 6.45) is 6.39. The largest absolute Gasteiger partial charge is 0.385 e. The van der Waals surface area contributed by atoms with Gasteiger partial charge in [-0.2, -0.15) is 0 Å². The third kappa shape index (κ3) is 7.56. The fourth-order valence-electron chi connectivity index (χ4n) is 3.50. The van der Waals surface area contributed by atoms with Gasteiger partial charge in [-0.05, 0) is 37.5 Å². The molecule has 1 fully saturated rings. The molecule has 1 aromatic heterocycles. The Labute approximate surface area is 181 Å². The second-order valence-electron chi connectivity index (χ2n) is 7.98. The Hall–Kier alpha value is -0.900. The maximum absolute atomic E-state index is 5.13. The van der Waals surface area contributed by atoms with Crippen LogP contribution in [0.1, 0.15) is 57.6 Å². The summed E-state index contributed by atoms with van der Waals surface area (Å²) >= 11 is 0. The molecule has 1 aliphatic rings. The second kappa shape index (κ2) is 11.8. The van der Waals surface area contributed by atoms with Crippen LogP contribution in [-0.2, 0) is 18.3 Å². The molecule has 156 valence electrons. The van der Waals surface area contributed by atoms with Gasteiger partial charge in [0, 0.05) is 33.9 Å². The predicted octanol–water partition coefficient (Wildman–Crippen LogP) is 3.03. The number of halogens is 1. The van der Waals surface area contributed by atoms with Gasteiger partial charge < -0.3 is 19.9 Å². The summed E-state index contributed by atoms with van der Waals surface area (Å²) in [5.41, 5.74) is 0.271. The van der Waals surface area contributed by atoms with Crippen molar-refractivity contribution in [3.05, 3.63) is 11.6 Å². The van der Waals surface area contributed by atoms with Crippen LogP contribution < -0.4 is 10.6 Å². The van der Waals surface area contributed by atoms with E-state index in [-0.39, 0.29) is 29.4 Å². The molecule has 1 aliphatic carbocycles. The van der Waals surface area contributed by atoms with Gasteiger partial charge in [-0.3, -0.25) is 0 Å². The van der Waals surface area contributed by atoms with Gasteiger partial charge in [-0.15, -0.1) is 34.2 Å². The molecule has 0 amide bonds. The van der Waals surface area contributed by atoms with Crippen molar-refractivity contribution in [1.29, 1.82) is 0 Å². The summed E-state index contributed by atoms with van der Waals surface area (Å²) in [7, 11) is 3.70. The van der Waals surface area contributed by atoms with E-state index in [9.17, 15) is 0 Å². The number of aryl methyl sites for hydroxylation is 1. The zero-order chi connectivity index (χ0) is 19.0. The van der Waals surface area contributed by atoms with Crippen LogP contribution in [-0.4, -0.2) is 47.5 Å². The molecule has 0 atom stereocenters. The van der Waals surface area contributed by atoms with Gasteiger partial charge in [0.25, 0.3) is 0 Å². The van der Waals surface area contributed by atoms with Gasteiger partial charge in [0.15, 0.2) is 11.8 Å². The van der Waals surface area contributed by atoms with Crippen LogP contribution >= 0.6 is 24.0 Å². The molecule has 0 saturated heterocycles. The minimum absolute atomic E-state index is 0. The number of ether oxygens (including phenoxy) is 1. The lowest BCUT2D eigenvalue weighted by molar-refractivity contribution is 0.195. The lowest BCUT2D eigenvalue weighted by Crippen LogP contribution is -2.44. The molecule has 8 heteroatoms. The fraction of sp³-hybridized carbons (Fsp3) is 0.842. The summed E-state index contributed by atoms with van der Waals surface area (Å²) < 4.78 is 7.11. The predicted molar refractivity (Wildman–Crippen MR) is 121 cm³/mol. The Kier molecular flexibility index (Phi) is 10.6. The van der Waals surface area contributed by atoms with Crippen LogP contribution in [0.15, 0.2) is 4.99 Å². The van der Waals surface area contributed by atoms with Crippen molar-refractivity contribution in [1.82, 2.24) is 25.4 Å². The third-order valence-corrected chi connectivity index (χ3v) is 5.55. The van der Waals surface area contributed by atoms with E-state index in [1.165, 1.54) is 25.7 Å². The first-order chi connectivity index (χ1) is 12.4. The second-order valence-corrected chi connectivity index (χ2v) is 7.98. The molecule has 0 aliphatic heterocycles. The highest BCUT2D eigenvalue weighted by molar-refractivity contribution is 14.0. The molecule has 1 saturated carbocycles. The van der Waals surface area contributed by atoms with E-state index >= 15 is 0 Å². The molecular weight excluding hydrogens is 455 g/mol. The number of nitrogens with zero attached hydrogens (tertiary/aromatic N) is 4. The van der Waals surface area contributed by atoms with Crippen molar-refractivity contribution in [2.45, 2.75) is 59.4 Å². The first-order valence-corrected chi connectivity index (χ1v) is 9.80. The number of nitrogens with one attached hydrogen (secondary N) is 2. The topological polar surface area (TPSA) is 76.4 Å². The molecule has 0 spiro atoms. The highest BCUT2D eigenvalue weighted by Crippen LogP contribution is 2.38. The van der Waals surface area contributed by atoms with Crippen molar-refractivity contribution < 1.29 is 4.74 Å². The number of methoxy groups -OCH3 is 1. The van der Waals surface area contributed by atoms with E-state index in [1.54, 1.807) is 7.11 Å². The molecule has 1 aromatic rings. The van der Waals surface area contributed by atoms with Crippen molar-refractivity contribution in [3.63, 3.8) is 0 Å². The van der Waals surface area contributed by atoms with Crippen LogP contribution in [0.2, 0.25) is 0 Å². The zero-order valence-electron chi connectivity index (χ0n) is 17.5. The van der Waals surface area contributed by atoms with E-state index < -0.39 is 0 Å². The summed E-state index contributed by atoms with van der Waals surface area (Å²) in [6, 6.07) is 0. The number of aromatic nitrogens is 3. The van der Waals surface area contributed by atoms with Crippen LogP contribution in [0, 0.1) is 18.3 Å². The Morgan fingerprint density at radius 2 is 1.96 bits per heavy atom. The number of hydrogen-bond acceptors (Lipinski definition) is 4. The van der Waals surface area contributed by atoms with E-state index in [1.807, 2.05) is 18.5 Å². The maximum Gasteiger partial charge on any atom is 0.191 e. The molecular formula is C19H37IN6O. The van der Waals surface area contributed by atoms with Crippen molar-refractivity contribution in [3.8, 4) is 0 Å². The van der Waals surface area contributed by atoms with Crippen molar-refractivity contribution >= 4 is 29.9 Å². The van der Waals surface area contributed by atoms with E-state index in [0.29, 0.717) is 6.54 Å². The molecule has 27 heavy (non-hydrogen) atoms. The normalized spacial score (nSPS) is 15.7. The average molecular weight is 492 g/mol. The summed E-state index contributed by atoms with van der Waals surface area (Å²) in [4.78, 5) is 4.73. The smallest absolute Gasteiger partial charge is 0.191 e. The Morgan fingerprint density at radius 1 is 1.26 bits per heavy atom.